The number of ether oxygens (including phenoxy) is 2. The summed E-state index contributed by atoms with van der Waals surface area (Å²) in [7, 11) is 1.29. The molecule has 1 N–H and O–H groups in total. The first-order valence-electron chi connectivity index (χ1n) is 8.26. The fraction of sp³-hybridized carbons (Fsp3) is 0.150. The molecular weight excluding hydrogens is 348 g/mol. The van der Waals surface area contributed by atoms with Crippen LogP contribution in [0.2, 0.25) is 0 Å². The minimum Gasteiger partial charge on any atom is -0.479 e. The van der Waals surface area contributed by atoms with E-state index in [9.17, 15) is 14.4 Å². The first-order valence-corrected chi connectivity index (χ1v) is 8.26. The molecule has 0 spiro atoms. The molecule has 2 aromatic carbocycles. The Morgan fingerprint density at radius 2 is 1.74 bits per heavy atom. The highest BCUT2D eigenvalue weighted by Gasteiger charge is 2.34. The molecule has 0 bridgehead atoms. The molecule has 0 saturated carbocycles. The van der Waals surface area contributed by atoms with Gasteiger partial charge in [0, 0.05) is 0 Å². The second-order valence-electron chi connectivity index (χ2n) is 5.83. The van der Waals surface area contributed by atoms with Crippen LogP contribution in [0, 0.1) is 0 Å². The van der Waals surface area contributed by atoms with E-state index in [-0.39, 0.29) is 5.57 Å². The lowest BCUT2D eigenvalue weighted by molar-refractivity contribution is -0.147. The van der Waals surface area contributed by atoms with E-state index in [1.54, 1.807) is 55.5 Å². The van der Waals surface area contributed by atoms with Crippen LogP contribution in [0.15, 0.2) is 60.2 Å². The van der Waals surface area contributed by atoms with Crippen LogP contribution in [-0.4, -0.2) is 31.0 Å². The first-order chi connectivity index (χ1) is 13.0. The Morgan fingerprint density at radius 3 is 2.37 bits per heavy atom. The highest BCUT2D eigenvalue weighted by Crippen LogP contribution is 2.22. The zero-order chi connectivity index (χ0) is 19.4. The summed E-state index contributed by atoms with van der Waals surface area (Å²) in [6.45, 7) is 1.58. The van der Waals surface area contributed by atoms with Crippen LogP contribution in [0.5, 0.6) is 5.75 Å². The summed E-state index contributed by atoms with van der Waals surface area (Å²) in [5, 5.41) is 1.21. The molecule has 0 radical (unpaired) electrons. The van der Waals surface area contributed by atoms with Gasteiger partial charge in [-0.05, 0) is 42.8 Å². The smallest absolute Gasteiger partial charge is 0.346 e. The lowest BCUT2D eigenvalue weighted by Crippen LogP contribution is -2.35. The predicted molar refractivity (Wildman–Crippen MR) is 98.6 cm³/mol. The SMILES string of the molecule is COC(=O)[C@@H](C)Oc1ccc(/C=C2/C(=O)NN(c3ccccc3)C2=O)cc1. The van der Waals surface area contributed by atoms with Gasteiger partial charge in [-0.3, -0.25) is 15.0 Å². The molecule has 1 aliphatic rings. The summed E-state index contributed by atoms with van der Waals surface area (Å²) in [4.78, 5) is 36.1. The number of anilines is 1. The maximum absolute atomic E-state index is 12.5. The number of nitrogens with zero attached hydrogens (tertiary/aromatic N) is 1. The monoisotopic (exact) mass is 366 g/mol. The lowest BCUT2D eigenvalue weighted by atomic mass is 10.1. The zero-order valence-corrected chi connectivity index (χ0v) is 14.8. The number of hydrazine groups is 1. The number of amides is 2. The molecule has 1 fully saturated rings. The van der Waals surface area contributed by atoms with Crippen LogP contribution in [-0.2, 0) is 19.1 Å². The van der Waals surface area contributed by atoms with Crippen molar-refractivity contribution in [3.63, 3.8) is 0 Å². The largest absolute Gasteiger partial charge is 0.479 e. The average molecular weight is 366 g/mol. The molecule has 1 heterocycles. The van der Waals surface area contributed by atoms with Crippen LogP contribution in [0.25, 0.3) is 6.08 Å². The van der Waals surface area contributed by atoms with Crippen LogP contribution in [0.4, 0.5) is 5.69 Å². The van der Waals surface area contributed by atoms with Crippen molar-refractivity contribution in [2.24, 2.45) is 0 Å². The van der Waals surface area contributed by atoms with E-state index in [4.69, 9.17) is 4.74 Å². The maximum Gasteiger partial charge on any atom is 0.346 e. The number of rotatable bonds is 5. The second kappa shape index (κ2) is 7.74. The van der Waals surface area contributed by atoms with Gasteiger partial charge in [0.25, 0.3) is 11.8 Å². The standard InChI is InChI=1S/C20H18N2O5/c1-13(20(25)26-2)27-16-10-8-14(9-11-16)12-17-18(23)21-22(19(17)24)15-6-4-3-5-7-15/h3-13H,1-2H3,(H,21,23)/b17-12-/t13-/m1/s1. The van der Waals surface area contributed by atoms with E-state index in [1.807, 2.05) is 6.07 Å². The Labute approximate surface area is 156 Å². The van der Waals surface area contributed by atoms with Gasteiger partial charge in [0.05, 0.1) is 12.8 Å². The fourth-order valence-electron chi connectivity index (χ4n) is 2.54. The van der Waals surface area contributed by atoms with Gasteiger partial charge < -0.3 is 9.47 Å². The molecule has 0 aromatic heterocycles. The minimum absolute atomic E-state index is 0.0375. The van der Waals surface area contributed by atoms with Crippen LogP contribution >= 0.6 is 0 Å². The van der Waals surface area contributed by atoms with Crippen LogP contribution in [0.1, 0.15) is 12.5 Å². The van der Waals surface area contributed by atoms with Crippen molar-refractivity contribution < 1.29 is 23.9 Å². The summed E-state index contributed by atoms with van der Waals surface area (Å²) >= 11 is 0. The van der Waals surface area contributed by atoms with E-state index < -0.39 is 23.9 Å². The van der Waals surface area contributed by atoms with Crippen molar-refractivity contribution in [1.82, 2.24) is 5.43 Å². The lowest BCUT2D eigenvalue weighted by Gasteiger charge is -2.13. The summed E-state index contributed by atoms with van der Waals surface area (Å²) in [6.07, 6.45) is 0.773. The van der Waals surface area contributed by atoms with Crippen LogP contribution < -0.4 is 15.2 Å². The third-order valence-corrected chi connectivity index (χ3v) is 3.94. The molecule has 3 rings (SSSR count). The number of hydrogen-bond donors (Lipinski definition) is 1. The van der Waals surface area contributed by atoms with Gasteiger partial charge in [-0.15, -0.1) is 0 Å². The van der Waals surface area contributed by atoms with Crippen molar-refractivity contribution in [2.45, 2.75) is 13.0 Å². The van der Waals surface area contributed by atoms with Crippen molar-refractivity contribution in [2.75, 3.05) is 12.1 Å². The number of benzene rings is 2. The van der Waals surface area contributed by atoms with E-state index >= 15 is 0 Å². The number of methoxy groups -OCH3 is 1. The number of nitrogens with one attached hydrogen (secondary N) is 1. The summed E-state index contributed by atoms with van der Waals surface area (Å²) in [6, 6.07) is 15.5. The van der Waals surface area contributed by atoms with Gasteiger partial charge in [-0.25, -0.2) is 9.80 Å². The average Bonchev–Trinajstić information content (AvgIpc) is 2.97. The number of carbonyl (C=O) groups excluding carboxylic acids is 3. The van der Waals surface area contributed by atoms with Crippen molar-refractivity contribution >= 4 is 29.5 Å². The zero-order valence-electron chi connectivity index (χ0n) is 14.8. The van der Waals surface area contributed by atoms with Gasteiger partial charge in [0.1, 0.15) is 11.3 Å². The molecule has 2 aromatic rings. The molecule has 1 atom stereocenters. The highest BCUT2D eigenvalue weighted by molar-refractivity contribution is 6.31. The van der Waals surface area contributed by atoms with Gasteiger partial charge in [-0.2, -0.15) is 0 Å². The molecule has 7 heteroatoms. The molecule has 27 heavy (non-hydrogen) atoms. The second-order valence-corrected chi connectivity index (χ2v) is 5.83. The molecule has 1 saturated heterocycles. The highest BCUT2D eigenvalue weighted by atomic mass is 16.6. The molecule has 2 amide bonds. The van der Waals surface area contributed by atoms with E-state index in [0.717, 1.165) is 0 Å². The molecule has 1 aliphatic heterocycles. The predicted octanol–water partition coefficient (Wildman–Crippen LogP) is 2.09. The minimum atomic E-state index is -0.735. The Bertz CT molecular complexity index is 890. The number of esters is 1. The van der Waals surface area contributed by atoms with E-state index in [0.29, 0.717) is 17.0 Å². The Hall–Kier alpha value is -3.61. The molecule has 0 aliphatic carbocycles. The van der Waals surface area contributed by atoms with Gasteiger partial charge in [-0.1, -0.05) is 30.3 Å². The quantitative estimate of drug-likeness (QED) is 0.498. The Morgan fingerprint density at radius 1 is 1.07 bits per heavy atom. The number of para-hydroxylation sites is 1. The Kier molecular flexibility index (Phi) is 5.21. The summed E-state index contributed by atoms with van der Waals surface area (Å²) in [5.74, 6) is -0.895. The van der Waals surface area contributed by atoms with E-state index in [1.165, 1.54) is 18.2 Å². The molecule has 0 unspecified atom stereocenters. The topological polar surface area (TPSA) is 84.9 Å². The molecular formula is C20H18N2O5. The number of hydrogen-bond acceptors (Lipinski definition) is 5. The maximum atomic E-state index is 12.5. The normalized spacial score (nSPS) is 16.2. The summed E-state index contributed by atoms with van der Waals surface area (Å²) in [5.41, 5.74) is 3.82. The van der Waals surface area contributed by atoms with E-state index in [2.05, 4.69) is 10.2 Å². The van der Waals surface area contributed by atoms with Crippen molar-refractivity contribution in [1.29, 1.82) is 0 Å². The van der Waals surface area contributed by atoms with Crippen molar-refractivity contribution in [3.8, 4) is 5.75 Å². The fourth-order valence-corrected chi connectivity index (χ4v) is 2.54. The van der Waals surface area contributed by atoms with Gasteiger partial charge in [0.2, 0.25) is 0 Å². The first kappa shape index (κ1) is 18.2. The van der Waals surface area contributed by atoms with Gasteiger partial charge in [0.15, 0.2) is 6.10 Å². The Balaban J connectivity index is 1.75. The van der Waals surface area contributed by atoms with Crippen molar-refractivity contribution in [3.05, 3.63) is 65.7 Å². The summed E-state index contributed by atoms with van der Waals surface area (Å²) < 4.78 is 10.1. The number of carbonyl (C=O) groups is 3. The molecule has 138 valence electrons. The van der Waals surface area contributed by atoms with Gasteiger partial charge >= 0.3 is 5.97 Å². The third kappa shape index (κ3) is 3.98. The van der Waals surface area contributed by atoms with Crippen LogP contribution in [0.3, 0.4) is 0 Å². The molecule has 7 nitrogen and oxygen atoms in total. The third-order valence-electron chi connectivity index (χ3n) is 3.94.